The third-order valence-electron chi connectivity index (χ3n) is 5.71. The van der Waals surface area contributed by atoms with Crippen molar-refractivity contribution in [2.75, 3.05) is 7.05 Å². The lowest BCUT2D eigenvalue weighted by molar-refractivity contribution is 0.947. The van der Waals surface area contributed by atoms with Crippen LogP contribution in [0.2, 0.25) is 0 Å². The number of aromatic nitrogens is 4. The first-order valence-corrected chi connectivity index (χ1v) is 11.7. The number of hydrogen-bond acceptors (Lipinski definition) is 4. The molecule has 0 bridgehead atoms. The summed E-state index contributed by atoms with van der Waals surface area (Å²) in [4.78, 5) is 15.3. The summed E-state index contributed by atoms with van der Waals surface area (Å²) in [5, 5.41) is 8.92. The van der Waals surface area contributed by atoms with Crippen LogP contribution in [0.3, 0.4) is 0 Å². The van der Waals surface area contributed by atoms with Gasteiger partial charge in [-0.05, 0) is 49.2 Å². The Morgan fingerprint density at radius 1 is 1.15 bits per heavy atom. The summed E-state index contributed by atoms with van der Waals surface area (Å²) < 4.78 is 0. The summed E-state index contributed by atoms with van der Waals surface area (Å²) in [5.74, 6) is 0.215. The number of nitrogens with zero attached hydrogens (tertiary/aromatic N) is 3. The van der Waals surface area contributed by atoms with Gasteiger partial charge in [-0.3, -0.25) is 10.1 Å². The van der Waals surface area contributed by atoms with E-state index in [9.17, 15) is 0 Å². The molecule has 0 unspecified atom stereocenters. The SMILES string of the molecule is C=C[C@H](C)/C=C(\C=NC)c1ccc2[nH]nc(-c3cc4c(-c5ccc(C)s5)cccc4[nH]3)c2n1. The Morgan fingerprint density at radius 2 is 2.03 bits per heavy atom. The normalized spacial score (nSPS) is 13.4. The van der Waals surface area contributed by atoms with Crippen molar-refractivity contribution in [2.24, 2.45) is 10.9 Å². The van der Waals surface area contributed by atoms with E-state index in [0.717, 1.165) is 39.2 Å². The molecule has 0 saturated carbocycles. The molecule has 1 aromatic carbocycles. The lowest BCUT2D eigenvalue weighted by atomic mass is 10.0. The van der Waals surface area contributed by atoms with Gasteiger partial charge in [-0.15, -0.1) is 17.9 Å². The number of aromatic amines is 2. The highest BCUT2D eigenvalue weighted by Crippen LogP contribution is 2.36. The number of rotatable bonds is 6. The fourth-order valence-corrected chi connectivity index (χ4v) is 4.92. The van der Waals surface area contributed by atoms with E-state index in [1.807, 2.05) is 35.8 Å². The standard InChI is InChI=1S/C27H25N5S/c1-5-16(2)13-18(15-28-4)21-10-11-23-26(30-21)27(32-31-23)24-14-20-19(7-6-8-22(20)29-24)25-12-9-17(3)33-25/h5-16,29H,1H2,2-4H3,(H,31,32)/b18-13+,28-15?/t16-/m0/s1. The van der Waals surface area contributed by atoms with E-state index in [-0.39, 0.29) is 5.92 Å². The zero-order valence-corrected chi connectivity index (χ0v) is 19.7. The van der Waals surface area contributed by atoms with Gasteiger partial charge < -0.3 is 4.98 Å². The van der Waals surface area contributed by atoms with Crippen molar-refractivity contribution < 1.29 is 0 Å². The molecule has 1 atom stereocenters. The highest BCUT2D eigenvalue weighted by Gasteiger charge is 2.16. The van der Waals surface area contributed by atoms with Gasteiger partial charge in [0, 0.05) is 45.1 Å². The van der Waals surface area contributed by atoms with Crippen LogP contribution in [0.15, 0.2) is 72.3 Å². The van der Waals surface area contributed by atoms with Crippen LogP contribution in [-0.4, -0.2) is 33.4 Å². The first-order chi connectivity index (χ1) is 16.1. The molecule has 0 amide bonds. The molecule has 0 aliphatic carbocycles. The molecule has 0 saturated heterocycles. The van der Waals surface area contributed by atoms with Gasteiger partial charge in [0.25, 0.3) is 0 Å². The Hall–Kier alpha value is -3.77. The van der Waals surface area contributed by atoms with Crippen molar-refractivity contribution in [1.29, 1.82) is 0 Å². The maximum Gasteiger partial charge on any atom is 0.135 e. The minimum atomic E-state index is 0.215. The van der Waals surface area contributed by atoms with Crippen LogP contribution in [0.25, 0.3) is 49.3 Å². The second-order valence-electron chi connectivity index (χ2n) is 8.13. The lowest BCUT2D eigenvalue weighted by Crippen LogP contribution is -1.95. The van der Waals surface area contributed by atoms with Crippen LogP contribution in [0.4, 0.5) is 0 Å². The average molecular weight is 452 g/mol. The highest BCUT2D eigenvalue weighted by molar-refractivity contribution is 7.15. The molecule has 2 N–H and O–H groups in total. The number of aliphatic imine (C=N–C) groups is 1. The Bertz CT molecular complexity index is 1530. The second-order valence-corrected chi connectivity index (χ2v) is 9.42. The monoisotopic (exact) mass is 451 g/mol. The van der Waals surface area contributed by atoms with E-state index in [4.69, 9.17) is 4.98 Å². The Morgan fingerprint density at radius 3 is 2.79 bits per heavy atom. The molecule has 6 heteroatoms. The van der Waals surface area contributed by atoms with Crippen molar-refractivity contribution in [3.63, 3.8) is 0 Å². The van der Waals surface area contributed by atoms with Crippen molar-refractivity contribution in [2.45, 2.75) is 13.8 Å². The van der Waals surface area contributed by atoms with Gasteiger partial charge in [-0.25, -0.2) is 4.98 Å². The summed E-state index contributed by atoms with van der Waals surface area (Å²) in [6, 6.07) is 16.9. The third-order valence-corrected chi connectivity index (χ3v) is 6.74. The number of allylic oxidation sites excluding steroid dienone is 3. The van der Waals surface area contributed by atoms with Gasteiger partial charge in [0.15, 0.2) is 0 Å². The number of aryl methyl sites for hydroxylation is 1. The summed E-state index contributed by atoms with van der Waals surface area (Å²) >= 11 is 1.81. The Kier molecular flexibility index (Phi) is 5.52. The summed E-state index contributed by atoms with van der Waals surface area (Å²) in [6.45, 7) is 8.12. The number of benzene rings is 1. The van der Waals surface area contributed by atoms with Crippen LogP contribution in [0.1, 0.15) is 17.5 Å². The first-order valence-electron chi connectivity index (χ1n) is 10.9. The van der Waals surface area contributed by atoms with Crippen LogP contribution in [0, 0.1) is 12.8 Å². The number of H-pyrrole nitrogens is 2. The zero-order valence-electron chi connectivity index (χ0n) is 18.9. The van der Waals surface area contributed by atoms with E-state index in [1.54, 1.807) is 7.05 Å². The predicted molar refractivity (Wildman–Crippen MR) is 141 cm³/mol. The molecular formula is C27H25N5S. The Balaban J connectivity index is 1.64. The molecule has 33 heavy (non-hydrogen) atoms. The summed E-state index contributed by atoms with van der Waals surface area (Å²) in [6.07, 6.45) is 5.86. The topological polar surface area (TPSA) is 69.7 Å². The van der Waals surface area contributed by atoms with Gasteiger partial charge in [-0.1, -0.05) is 31.2 Å². The van der Waals surface area contributed by atoms with Crippen LogP contribution in [0.5, 0.6) is 0 Å². The highest BCUT2D eigenvalue weighted by atomic mass is 32.1. The van der Waals surface area contributed by atoms with Gasteiger partial charge in [-0.2, -0.15) is 5.10 Å². The number of nitrogens with one attached hydrogen (secondary N) is 2. The van der Waals surface area contributed by atoms with E-state index in [0.29, 0.717) is 0 Å². The van der Waals surface area contributed by atoms with Crippen molar-refractivity contribution >= 4 is 45.1 Å². The van der Waals surface area contributed by atoms with Gasteiger partial charge in [0.1, 0.15) is 11.2 Å². The third kappa shape index (κ3) is 3.94. The van der Waals surface area contributed by atoms with E-state index in [2.05, 4.69) is 83.1 Å². The van der Waals surface area contributed by atoms with E-state index < -0.39 is 0 Å². The summed E-state index contributed by atoms with van der Waals surface area (Å²) in [5.41, 5.74) is 7.60. The maximum atomic E-state index is 4.97. The van der Waals surface area contributed by atoms with Crippen LogP contribution in [-0.2, 0) is 0 Å². The fraction of sp³-hybridized carbons (Fsp3) is 0.148. The molecule has 0 radical (unpaired) electrons. The van der Waals surface area contributed by atoms with E-state index >= 15 is 0 Å². The zero-order chi connectivity index (χ0) is 22.9. The first kappa shape index (κ1) is 21.1. The van der Waals surface area contributed by atoms with Gasteiger partial charge in [0.2, 0.25) is 0 Å². The molecule has 4 aromatic heterocycles. The molecule has 5 aromatic rings. The molecule has 0 aliphatic rings. The van der Waals surface area contributed by atoms with Gasteiger partial charge in [0.05, 0.1) is 16.9 Å². The largest absolute Gasteiger partial charge is 0.353 e. The van der Waals surface area contributed by atoms with Crippen molar-refractivity contribution in [3.8, 4) is 21.8 Å². The van der Waals surface area contributed by atoms with Crippen LogP contribution < -0.4 is 0 Å². The fourth-order valence-electron chi connectivity index (χ4n) is 4.01. The molecule has 164 valence electrons. The number of pyridine rings is 1. The molecule has 0 fully saturated rings. The molecule has 0 spiro atoms. The van der Waals surface area contributed by atoms with Crippen molar-refractivity contribution in [1.82, 2.24) is 20.2 Å². The molecular weight excluding hydrogens is 426 g/mol. The Labute approximate surface area is 196 Å². The van der Waals surface area contributed by atoms with E-state index in [1.165, 1.54) is 20.7 Å². The second kappa shape index (κ2) is 8.64. The molecule has 5 rings (SSSR count). The molecule has 5 nitrogen and oxygen atoms in total. The minimum Gasteiger partial charge on any atom is -0.353 e. The quantitative estimate of drug-likeness (QED) is 0.214. The number of thiophene rings is 1. The molecule has 4 heterocycles. The number of fused-ring (bicyclic) bond motifs is 2. The number of hydrogen-bond donors (Lipinski definition) is 2. The predicted octanol–water partition coefficient (Wildman–Crippen LogP) is 7.05. The average Bonchev–Trinajstić information content (AvgIpc) is 3.55. The van der Waals surface area contributed by atoms with Crippen LogP contribution >= 0.6 is 11.3 Å². The smallest absolute Gasteiger partial charge is 0.135 e. The summed E-state index contributed by atoms with van der Waals surface area (Å²) in [7, 11) is 1.77. The van der Waals surface area contributed by atoms with Crippen molar-refractivity contribution in [3.05, 3.63) is 77.8 Å². The minimum absolute atomic E-state index is 0.215. The van der Waals surface area contributed by atoms with Gasteiger partial charge >= 0.3 is 0 Å². The molecule has 0 aliphatic heterocycles. The lowest BCUT2D eigenvalue weighted by Gasteiger charge is -2.05. The maximum absolute atomic E-state index is 4.97.